The molecule has 1 amide bonds. The zero-order chi connectivity index (χ0) is 19.8. The number of hydrogen-bond donors (Lipinski definition) is 1. The molecular formula is C22H22N4O2. The van der Waals surface area contributed by atoms with Gasteiger partial charge in [-0.3, -0.25) is 4.79 Å². The minimum absolute atomic E-state index is 0.166. The van der Waals surface area contributed by atoms with E-state index in [1.165, 1.54) is 11.1 Å². The van der Waals surface area contributed by atoms with Crippen LogP contribution in [0.5, 0.6) is 0 Å². The van der Waals surface area contributed by atoms with Crippen LogP contribution >= 0.6 is 0 Å². The Bertz CT molecular complexity index is 1190. The van der Waals surface area contributed by atoms with E-state index in [0.29, 0.717) is 11.6 Å². The first-order chi connectivity index (χ1) is 13.4. The zero-order valence-electron chi connectivity index (χ0n) is 16.4. The monoisotopic (exact) mass is 374 g/mol. The molecule has 0 unspecified atom stereocenters. The summed E-state index contributed by atoms with van der Waals surface area (Å²) in [7, 11) is 0. The summed E-state index contributed by atoms with van der Waals surface area (Å²) in [4.78, 5) is 17.5. The molecule has 0 saturated heterocycles. The molecule has 1 N–H and O–H groups in total. The van der Waals surface area contributed by atoms with Crippen LogP contribution in [0.3, 0.4) is 0 Å². The molecule has 28 heavy (non-hydrogen) atoms. The maximum Gasteiger partial charge on any atom is 0.231 e. The highest BCUT2D eigenvalue weighted by atomic mass is 16.5. The van der Waals surface area contributed by atoms with Gasteiger partial charge in [0.05, 0.1) is 17.8 Å². The Morgan fingerprint density at radius 3 is 2.61 bits per heavy atom. The maximum atomic E-state index is 12.7. The first-order valence-corrected chi connectivity index (χ1v) is 9.19. The predicted octanol–water partition coefficient (Wildman–Crippen LogP) is 4.40. The lowest BCUT2D eigenvalue weighted by atomic mass is 10.0. The summed E-state index contributed by atoms with van der Waals surface area (Å²) >= 11 is 0. The topological polar surface area (TPSA) is 72.4 Å². The Hall–Kier alpha value is -3.41. The lowest BCUT2D eigenvalue weighted by molar-refractivity contribution is -0.115. The number of fused-ring (bicyclic) bond motifs is 1. The van der Waals surface area contributed by atoms with Gasteiger partial charge in [-0.2, -0.15) is 0 Å². The fourth-order valence-electron chi connectivity index (χ4n) is 3.25. The summed E-state index contributed by atoms with van der Waals surface area (Å²) in [6, 6.07) is 12.0. The highest BCUT2D eigenvalue weighted by Gasteiger charge is 2.18. The molecule has 0 fully saturated rings. The van der Waals surface area contributed by atoms with Gasteiger partial charge in [0, 0.05) is 17.8 Å². The molecule has 3 heterocycles. The molecule has 0 atom stereocenters. The number of rotatable bonds is 4. The van der Waals surface area contributed by atoms with E-state index in [9.17, 15) is 4.79 Å². The SMILES string of the molecule is Cc1ccn2c(CC(=O)Nc3cc(C)on3)c(-c3ccc(C)c(C)c3)nc2c1. The Balaban J connectivity index is 1.76. The number of benzene rings is 1. The van der Waals surface area contributed by atoms with Crippen LogP contribution in [0.25, 0.3) is 16.9 Å². The summed E-state index contributed by atoms with van der Waals surface area (Å²) in [5, 5.41) is 6.62. The Morgan fingerprint density at radius 2 is 1.89 bits per heavy atom. The molecule has 142 valence electrons. The number of imidazole rings is 1. The van der Waals surface area contributed by atoms with Crippen molar-refractivity contribution in [1.82, 2.24) is 14.5 Å². The van der Waals surface area contributed by atoms with E-state index in [4.69, 9.17) is 9.51 Å². The van der Waals surface area contributed by atoms with Crippen LogP contribution in [0.2, 0.25) is 0 Å². The molecule has 1 aromatic carbocycles. The van der Waals surface area contributed by atoms with Crippen molar-refractivity contribution >= 4 is 17.4 Å². The number of aryl methyl sites for hydroxylation is 4. The first kappa shape index (κ1) is 18.0. The summed E-state index contributed by atoms with van der Waals surface area (Å²) in [6.45, 7) is 7.98. The van der Waals surface area contributed by atoms with Gasteiger partial charge < -0.3 is 14.2 Å². The second kappa shape index (κ2) is 6.96. The molecule has 6 heteroatoms. The van der Waals surface area contributed by atoms with E-state index in [-0.39, 0.29) is 12.3 Å². The van der Waals surface area contributed by atoms with Gasteiger partial charge >= 0.3 is 0 Å². The molecule has 0 aliphatic heterocycles. The largest absolute Gasteiger partial charge is 0.360 e. The van der Waals surface area contributed by atoms with Crippen LogP contribution in [0.15, 0.2) is 47.1 Å². The molecule has 0 radical (unpaired) electrons. The molecule has 4 aromatic rings. The average molecular weight is 374 g/mol. The van der Waals surface area contributed by atoms with Crippen molar-refractivity contribution in [2.45, 2.75) is 34.1 Å². The fourth-order valence-corrected chi connectivity index (χ4v) is 3.25. The van der Waals surface area contributed by atoms with E-state index < -0.39 is 0 Å². The fraction of sp³-hybridized carbons (Fsp3) is 0.227. The van der Waals surface area contributed by atoms with Crippen molar-refractivity contribution in [1.29, 1.82) is 0 Å². The van der Waals surface area contributed by atoms with Crippen molar-refractivity contribution in [3.63, 3.8) is 0 Å². The molecule has 0 saturated carbocycles. The maximum absolute atomic E-state index is 12.7. The molecule has 3 aromatic heterocycles. The highest BCUT2D eigenvalue weighted by molar-refractivity contribution is 5.92. The summed E-state index contributed by atoms with van der Waals surface area (Å²) in [5.74, 6) is 0.900. The average Bonchev–Trinajstić information content (AvgIpc) is 3.20. The minimum Gasteiger partial charge on any atom is -0.360 e. The molecular weight excluding hydrogens is 352 g/mol. The number of anilines is 1. The molecule has 6 nitrogen and oxygen atoms in total. The molecule has 0 bridgehead atoms. The second-order valence-corrected chi connectivity index (χ2v) is 7.19. The number of pyridine rings is 1. The van der Waals surface area contributed by atoms with Gasteiger partial charge in [-0.25, -0.2) is 4.98 Å². The third-order valence-electron chi connectivity index (χ3n) is 4.88. The molecule has 0 aliphatic carbocycles. The van der Waals surface area contributed by atoms with Gasteiger partial charge in [0.2, 0.25) is 5.91 Å². The van der Waals surface area contributed by atoms with Crippen molar-refractivity contribution < 1.29 is 9.32 Å². The number of carbonyl (C=O) groups excluding carboxylic acids is 1. The quantitative estimate of drug-likeness (QED) is 0.574. The van der Waals surface area contributed by atoms with Crippen molar-refractivity contribution in [3.8, 4) is 11.3 Å². The van der Waals surface area contributed by atoms with Crippen LogP contribution in [-0.2, 0) is 11.2 Å². The molecule has 0 aliphatic rings. The lowest BCUT2D eigenvalue weighted by Crippen LogP contribution is -2.16. The van der Waals surface area contributed by atoms with Crippen LogP contribution in [0.1, 0.15) is 28.1 Å². The van der Waals surface area contributed by atoms with Crippen LogP contribution in [-0.4, -0.2) is 20.4 Å². The molecule has 4 rings (SSSR count). The summed E-state index contributed by atoms with van der Waals surface area (Å²) < 4.78 is 7.00. The first-order valence-electron chi connectivity index (χ1n) is 9.19. The Morgan fingerprint density at radius 1 is 1.07 bits per heavy atom. The smallest absolute Gasteiger partial charge is 0.231 e. The van der Waals surface area contributed by atoms with Gasteiger partial charge in [0.1, 0.15) is 11.4 Å². The number of amides is 1. The predicted molar refractivity (Wildman–Crippen MR) is 108 cm³/mol. The van der Waals surface area contributed by atoms with Gasteiger partial charge in [0.25, 0.3) is 0 Å². The van der Waals surface area contributed by atoms with Gasteiger partial charge in [0.15, 0.2) is 5.82 Å². The minimum atomic E-state index is -0.166. The van der Waals surface area contributed by atoms with E-state index in [0.717, 1.165) is 28.2 Å². The van der Waals surface area contributed by atoms with Crippen molar-refractivity contribution in [2.75, 3.05) is 5.32 Å². The van der Waals surface area contributed by atoms with E-state index in [1.807, 2.05) is 29.7 Å². The number of nitrogens with zero attached hydrogens (tertiary/aromatic N) is 3. The number of nitrogens with one attached hydrogen (secondary N) is 1. The van der Waals surface area contributed by atoms with Crippen LogP contribution in [0, 0.1) is 27.7 Å². The van der Waals surface area contributed by atoms with Gasteiger partial charge in [-0.05, 0) is 62.6 Å². The Kier molecular flexibility index (Phi) is 4.47. The Labute approximate surface area is 163 Å². The number of hydrogen-bond acceptors (Lipinski definition) is 4. The number of carbonyl (C=O) groups is 1. The summed E-state index contributed by atoms with van der Waals surface area (Å²) in [5.41, 5.74) is 7.04. The number of aromatic nitrogens is 3. The van der Waals surface area contributed by atoms with Crippen LogP contribution in [0.4, 0.5) is 5.82 Å². The van der Waals surface area contributed by atoms with E-state index in [1.54, 1.807) is 13.0 Å². The second-order valence-electron chi connectivity index (χ2n) is 7.19. The summed E-state index contributed by atoms with van der Waals surface area (Å²) in [6.07, 6.45) is 2.14. The highest BCUT2D eigenvalue weighted by Crippen LogP contribution is 2.27. The normalized spacial score (nSPS) is 11.1. The van der Waals surface area contributed by atoms with Gasteiger partial charge in [-0.1, -0.05) is 17.3 Å². The van der Waals surface area contributed by atoms with Crippen LogP contribution < -0.4 is 5.32 Å². The standard InChI is InChI=1S/C22H22N4O2/c1-13-7-8-26-18(12-21(27)23-19-11-16(4)28-25-19)22(24-20(26)9-13)17-6-5-14(2)15(3)10-17/h5-11H,12H2,1-4H3,(H,23,25,27). The van der Waals surface area contributed by atoms with E-state index in [2.05, 4.69) is 42.5 Å². The van der Waals surface area contributed by atoms with Crippen molar-refractivity contribution in [3.05, 3.63) is 70.7 Å². The third-order valence-corrected chi connectivity index (χ3v) is 4.88. The third kappa shape index (κ3) is 3.41. The molecule has 0 spiro atoms. The van der Waals surface area contributed by atoms with Gasteiger partial charge in [-0.15, -0.1) is 0 Å². The van der Waals surface area contributed by atoms with Crippen molar-refractivity contribution in [2.24, 2.45) is 0 Å². The zero-order valence-corrected chi connectivity index (χ0v) is 16.4. The van der Waals surface area contributed by atoms with E-state index >= 15 is 0 Å². The lowest BCUT2D eigenvalue weighted by Gasteiger charge is -2.07.